The lowest BCUT2D eigenvalue weighted by molar-refractivity contribution is -0.160. The summed E-state index contributed by atoms with van der Waals surface area (Å²) in [5.41, 5.74) is 3.11. The molecule has 2 aromatic rings. The Bertz CT molecular complexity index is 818. The summed E-state index contributed by atoms with van der Waals surface area (Å²) in [4.78, 5) is 26.7. The summed E-state index contributed by atoms with van der Waals surface area (Å²) >= 11 is 0. The van der Waals surface area contributed by atoms with E-state index in [1.165, 1.54) is 18.1 Å². The Labute approximate surface area is 159 Å². The summed E-state index contributed by atoms with van der Waals surface area (Å²) in [6.07, 6.45) is 0.582. The van der Waals surface area contributed by atoms with Crippen molar-refractivity contribution in [1.29, 1.82) is 0 Å². The Morgan fingerprint density at radius 1 is 1.11 bits per heavy atom. The second-order valence-electron chi connectivity index (χ2n) is 6.87. The zero-order chi connectivity index (χ0) is 19.4. The van der Waals surface area contributed by atoms with Gasteiger partial charge >= 0.3 is 5.97 Å². The zero-order valence-corrected chi connectivity index (χ0v) is 16.0. The van der Waals surface area contributed by atoms with Crippen molar-refractivity contribution in [1.82, 2.24) is 4.90 Å². The number of fused-ring (bicyclic) bond motifs is 1. The highest BCUT2D eigenvalue weighted by Gasteiger charge is 2.32. The predicted molar refractivity (Wildman–Crippen MR) is 103 cm³/mol. The maximum Gasteiger partial charge on any atom is 0.303 e. The van der Waals surface area contributed by atoms with Crippen LogP contribution in [0.4, 0.5) is 0 Å². The van der Waals surface area contributed by atoms with E-state index in [-0.39, 0.29) is 11.9 Å². The number of methoxy groups -OCH3 is 1. The Morgan fingerprint density at radius 3 is 2.52 bits per heavy atom. The molecule has 3 rings (SSSR count). The molecule has 1 aliphatic rings. The highest BCUT2D eigenvalue weighted by atomic mass is 16.5. The summed E-state index contributed by atoms with van der Waals surface area (Å²) in [6, 6.07) is 15.2. The van der Waals surface area contributed by atoms with Crippen LogP contribution < -0.4 is 4.74 Å². The molecule has 0 spiro atoms. The van der Waals surface area contributed by atoms with Gasteiger partial charge in [-0.15, -0.1) is 0 Å². The highest BCUT2D eigenvalue weighted by molar-refractivity contribution is 5.85. The smallest absolute Gasteiger partial charge is 0.303 e. The third-order valence-electron chi connectivity index (χ3n) is 4.98. The van der Waals surface area contributed by atoms with Gasteiger partial charge in [-0.25, -0.2) is 0 Å². The van der Waals surface area contributed by atoms with Gasteiger partial charge in [0.15, 0.2) is 0 Å². The van der Waals surface area contributed by atoms with Crippen LogP contribution in [-0.2, 0) is 27.2 Å². The van der Waals surface area contributed by atoms with E-state index in [0.29, 0.717) is 12.1 Å². The van der Waals surface area contributed by atoms with Gasteiger partial charge in [0.1, 0.15) is 5.75 Å². The quantitative estimate of drug-likeness (QED) is 0.778. The molecule has 2 unspecified atom stereocenters. The maximum absolute atomic E-state index is 13.3. The molecular weight excluding hydrogens is 342 g/mol. The molecule has 27 heavy (non-hydrogen) atoms. The molecule has 0 radical (unpaired) electrons. The average molecular weight is 367 g/mol. The largest absolute Gasteiger partial charge is 0.497 e. The standard InChI is InChI=1S/C22H25NO4/c1-15-13-19-14-20(26-3)10-9-17(19)11-12-23(15)22(25)21(27-16(2)24)18-7-5-4-6-8-18/h4-10,14-15,21H,11-13H2,1-3H3. The molecule has 1 amide bonds. The van der Waals surface area contributed by atoms with E-state index in [1.54, 1.807) is 7.11 Å². The second-order valence-corrected chi connectivity index (χ2v) is 6.87. The van der Waals surface area contributed by atoms with Crippen molar-refractivity contribution < 1.29 is 19.1 Å². The Kier molecular flexibility index (Phi) is 5.79. The van der Waals surface area contributed by atoms with Crippen LogP contribution in [0.25, 0.3) is 0 Å². The molecule has 0 saturated carbocycles. The van der Waals surface area contributed by atoms with Crippen LogP contribution in [0.15, 0.2) is 48.5 Å². The van der Waals surface area contributed by atoms with Gasteiger partial charge in [0.25, 0.3) is 5.91 Å². The predicted octanol–water partition coefficient (Wildman–Crippen LogP) is 3.32. The first-order valence-electron chi connectivity index (χ1n) is 9.18. The first kappa shape index (κ1) is 19.0. The molecular formula is C22H25NO4. The van der Waals surface area contributed by atoms with Gasteiger partial charge in [0, 0.05) is 25.1 Å². The lowest BCUT2D eigenvalue weighted by atomic mass is 10.0. The lowest BCUT2D eigenvalue weighted by Gasteiger charge is -2.30. The molecule has 5 heteroatoms. The second kappa shape index (κ2) is 8.25. The summed E-state index contributed by atoms with van der Waals surface area (Å²) < 4.78 is 10.7. The van der Waals surface area contributed by atoms with Crippen LogP contribution in [0.5, 0.6) is 5.75 Å². The molecule has 0 fully saturated rings. The van der Waals surface area contributed by atoms with Gasteiger partial charge in [0.05, 0.1) is 7.11 Å². The van der Waals surface area contributed by atoms with Gasteiger partial charge < -0.3 is 14.4 Å². The monoisotopic (exact) mass is 367 g/mol. The van der Waals surface area contributed by atoms with Crippen molar-refractivity contribution in [3.05, 3.63) is 65.2 Å². The molecule has 0 aromatic heterocycles. The minimum Gasteiger partial charge on any atom is -0.497 e. The zero-order valence-electron chi connectivity index (χ0n) is 16.0. The van der Waals surface area contributed by atoms with Crippen molar-refractivity contribution in [2.45, 2.75) is 38.8 Å². The SMILES string of the molecule is COc1ccc2c(c1)CC(C)N(C(=O)C(OC(C)=O)c1ccccc1)CC2. The first-order chi connectivity index (χ1) is 13.0. The molecule has 1 heterocycles. The highest BCUT2D eigenvalue weighted by Crippen LogP contribution is 2.27. The van der Waals surface area contributed by atoms with Gasteiger partial charge in [-0.2, -0.15) is 0 Å². The van der Waals surface area contributed by atoms with E-state index in [2.05, 4.69) is 6.07 Å². The van der Waals surface area contributed by atoms with Crippen LogP contribution in [0, 0.1) is 0 Å². The molecule has 0 bridgehead atoms. The topological polar surface area (TPSA) is 55.8 Å². The van der Waals surface area contributed by atoms with Crippen LogP contribution in [0.1, 0.15) is 36.6 Å². The summed E-state index contributed by atoms with van der Waals surface area (Å²) in [6.45, 7) is 3.95. The van der Waals surface area contributed by atoms with Crippen molar-refractivity contribution in [2.75, 3.05) is 13.7 Å². The number of nitrogens with zero attached hydrogens (tertiary/aromatic N) is 1. The average Bonchev–Trinajstić information content (AvgIpc) is 2.83. The minimum absolute atomic E-state index is 0.00683. The molecule has 0 saturated heterocycles. The van der Waals surface area contributed by atoms with E-state index < -0.39 is 12.1 Å². The van der Waals surface area contributed by atoms with E-state index >= 15 is 0 Å². The van der Waals surface area contributed by atoms with Crippen molar-refractivity contribution in [2.24, 2.45) is 0 Å². The van der Waals surface area contributed by atoms with Gasteiger partial charge in [0.2, 0.25) is 6.10 Å². The van der Waals surface area contributed by atoms with Crippen LogP contribution in [-0.4, -0.2) is 36.5 Å². The number of ether oxygens (including phenoxy) is 2. The van der Waals surface area contributed by atoms with Gasteiger partial charge in [-0.05, 0) is 43.0 Å². The normalized spacial score (nSPS) is 17.4. The lowest BCUT2D eigenvalue weighted by Crippen LogP contribution is -2.43. The third-order valence-corrected chi connectivity index (χ3v) is 4.98. The Hall–Kier alpha value is -2.82. The molecule has 0 aliphatic carbocycles. The van der Waals surface area contributed by atoms with Crippen molar-refractivity contribution in [3.63, 3.8) is 0 Å². The van der Waals surface area contributed by atoms with E-state index in [1.807, 2.05) is 54.3 Å². The van der Waals surface area contributed by atoms with E-state index in [9.17, 15) is 9.59 Å². The van der Waals surface area contributed by atoms with E-state index in [4.69, 9.17) is 9.47 Å². The summed E-state index contributed by atoms with van der Waals surface area (Å²) in [5.74, 6) is 0.180. The molecule has 142 valence electrons. The number of rotatable bonds is 4. The number of hydrogen-bond donors (Lipinski definition) is 0. The van der Waals surface area contributed by atoms with Crippen LogP contribution >= 0.6 is 0 Å². The van der Waals surface area contributed by atoms with Crippen molar-refractivity contribution in [3.8, 4) is 5.75 Å². The number of carbonyl (C=O) groups is 2. The summed E-state index contributed by atoms with van der Waals surface area (Å²) in [5, 5.41) is 0. The number of carbonyl (C=O) groups excluding carboxylic acids is 2. The first-order valence-corrected chi connectivity index (χ1v) is 9.18. The number of benzene rings is 2. The number of hydrogen-bond acceptors (Lipinski definition) is 4. The fourth-order valence-corrected chi connectivity index (χ4v) is 3.59. The molecule has 2 atom stereocenters. The van der Waals surface area contributed by atoms with E-state index in [0.717, 1.165) is 18.6 Å². The van der Waals surface area contributed by atoms with Gasteiger partial charge in [-0.3, -0.25) is 9.59 Å². The molecule has 5 nitrogen and oxygen atoms in total. The number of esters is 1. The maximum atomic E-state index is 13.3. The van der Waals surface area contributed by atoms with Gasteiger partial charge in [-0.1, -0.05) is 36.4 Å². The summed E-state index contributed by atoms with van der Waals surface area (Å²) in [7, 11) is 1.65. The van der Waals surface area contributed by atoms with Crippen molar-refractivity contribution >= 4 is 11.9 Å². The number of amides is 1. The molecule has 1 aliphatic heterocycles. The Morgan fingerprint density at radius 2 is 1.85 bits per heavy atom. The fourth-order valence-electron chi connectivity index (χ4n) is 3.59. The Balaban J connectivity index is 1.85. The molecule has 0 N–H and O–H groups in total. The molecule has 2 aromatic carbocycles. The minimum atomic E-state index is -0.915. The van der Waals surface area contributed by atoms with Crippen LogP contribution in [0.3, 0.4) is 0 Å². The third kappa shape index (κ3) is 4.30. The van der Waals surface area contributed by atoms with Crippen LogP contribution in [0.2, 0.25) is 0 Å². The fraction of sp³-hybridized carbons (Fsp3) is 0.364.